The van der Waals surface area contributed by atoms with E-state index in [0.717, 1.165) is 36.4 Å². The zero-order valence-electron chi connectivity index (χ0n) is 12.2. The third-order valence-corrected chi connectivity index (χ3v) is 5.09. The summed E-state index contributed by atoms with van der Waals surface area (Å²) in [6.07, 6.45) is 2.03. The molecule has 0 spiro atoms. The van der Waals surface area contributed by atoms with Crippen LogP contribution in [-0.2, 0) is 0 Å². The van der Waals surface area contributed by atoms with Crippen LogP contribution < -0.4 is 5.32 Å². The van der Waals surface area contributed by atoms with Gasteiger partial charge in [0.05, 0.1) is 0 Å². The molecule has 0 aliphatic carbocycles. The molecule has 0 atom stereocenters. The Kier molecular flexibility index (Phi) is 4.61. The molecule has 0 unspecified atom stereocenters. The molecule has 1 N–H and O–H groups in total. The van der Waals surface area contributed by atoms with Crippen LogP contribution in [-0.4, -0.2) is 13.1 Å². The second kappa shape index (κ2) is 6.63. The van der Waals surface area contributed by atoms with E-state index in [1.165, 1.54) is 10.5 Å². The van der Waals surface area contributed by atoms with Crippen molar-refractivity contribution in [2.24, 2.45) is 0 Å². The predicted molar refractivity (Wildman–Crippen MR) is 86.5 cm³/mol. The molecule has 1 fully saturated rings. The SMILES string of the molecule is Cc1ccc(Sc2cccc(F)c2C2CCNCC2)cc1. The Balaban J connectivity index is 1.90. The van der Waals surface area contributed by atoms with Gasteiger partial charge in [-0.1, -0.05) is 35.5 Å². The number of piperidine rings is 1. The normalized spacial score (nSPS) is 16.1. The van der Waals surface area contributed by atoms with Crippen LogP contribution in [0.1, 0.15) is 29.9 Å². The Bertz CT molecular complexity index is 603. The molecule has 2 aromatic rings. The van der Waals surface area contributed by atoms with Crippen LogP contribution in [0.15, 0.2) is 52.3 Å². The Morgan fingerprint density at radius 3 is 2.48 bits per heavy atom. The number of aryl methyl sites for hydroxylation is 1. The third kappa shape index (κ3) is 3.47. The van der Waals surface area contributed by atoms with E-state index in [1.54, 1.807) is 17.8 Å². The second-order valence-electron chi connectivity index (χ2n) is 5.59. The first-order chi connectivity index (χ1) is 10.2. The summed E-state index contributed by atoms with van der Waals surface area (Å²) >= 11 is 1.67. The molecule has 21 heavy (non-hydrogen) atoms. The molecular formula is C18H20FNS. The summed E-state index contributed by atoms with van der Waals surface area (Å²) in [4.78, 5) is 2.23. The molecule has 0 amide bonds. The molecule has 0 saturated carbocycles. The van der Waals surface area contributed by atoms with Gasteiger partial charge in [0.2, 0.25) is 0 Å². The highest BCUT2D eigenvalue weighted by Gasteiger charge is 2.22. The molecule has 2 aromatic carbocycles. The van der Waals surface area contributed by atoms with E-state index < -0.39 is 0 Å². The first-order valence-corrected chi connectivity index (χ1v) is 8.29. The van der Waals surface area contributed by atoms with Gasteiger partial charge in [-0.15, -0.1) is 0 Å². The molecule has 3 heteroatoms. The van der Waals surface area contributed by atoms with Crippen LogP contribution in [0, 0.1) is 12.7 Å². The van der Waals surface area contributed by atoms with E-state index in [2.05, 4.69) is 36.5 Å². The van der Waals surface area contributed by atoms with Gasteiger partial charge in [-0.3, -0.25) is 0 Å². The molecule has 0 radical (unpaired) electrons. The lowest BCUT2D eigenvalue weighted by Crippen LogP contribution is -2.27. The minimum atomic E-state index is -0.0565. The van der Waals surface area contributed by atoms with Gasteiger partial charge in [0.1, 0.15) is 5.82 Å². The molecule has 1 saturated heterocycles. The topological polar surface area (TPSA) is 12.0 Å². The average Bonchev–Trinajstić information content (AvgIpc) is 2.51. The largest absolute Gasteiger partial charge is 0.317 e. The highest BCUT2D eigenvalue weighted by Crippen LogP contribution is 2.38. The number of hydrogen-bond donors (Lipinski definition) is 1. The summed E-state index contributed by atoms with van der Waals surface area (Å²) in [5.41, 5.74) is 2.15. The fourth-order valence-electron chi connectivity index (χ4n) is 2.85. The lowest BCUT2D eigenvalue weighted by molar-refractivity contribution is 0.439. The molecular weight excluding hydrogens is 281 g/mol. The maximum atomic E-state index is 14.4. The zero-order chi connectivity index (χ0) is 14.7. The minimum absolute atomic E-state index is 0.0565. The van der Waals surface area contributed by atoms with Gasteiger partial charge in [0.25, 0.3) is 0 Å². The van der Waals surface area contributed by atoms with Gasteiger partial charge in [0, 0.05) is 15.4 Å². The van der Waals surface area contributed by atoms with Crippen LogP contribution in [0.2, 0.25) is 0 Å². The standard InChI is InChI=1S/C18H20FNS/c1-13-5-7-15(8-6-13)21-17-4-2-3-16(19)18(17)14-9-11-20-12-10-14/h2-8,14,20H,9-12H2,1H3. The predicted octanol–water partition coefficient (Wildman–Crippen LogP) is 4.75. The fraction of sp³-hybridized carbons (Fsp3) is 0.333. The molecule has 1 nitrogen and oxygen atoms in total. The van der Waals surface area contributed by atoms with Crippen molar-refractivity contribution < 1.29 is 4.39 Å². The van der Waals surface area contributed by atoms with Gasteiger partial charge in [-0.05, 0) is 63.0 Å². The van der Waals surface area contributed by atoms with Crippen molar-refractivity contribution >= 4 is 11.8 Å². The molecule has 0 aromatic heterocycles. The summed E-state index contributed by atoms with van der Waals surface area (Å²) in [6, 6.07) is 13.9. The van der Waals surface area contributed by atoms with Gasteiger partial charge < -0.3 is 5.32 Å². The first kappa shape index (κ1) is 14.6. The van der Waals surface area contributed by atoms with Gasteiger partial charge in [0.15, 0.2) is 0 Å². The van der Waals surface area contributed by atoms with E-state index >= 15 is 0 Å². The third-order valence-electron chi connectivity index (χ3n) is 4.01. The molecule has 3 rings (SSSR count). The number of nitrogens with one attached hydrogen (secondary N) is 1. The van der Waals surface area contributed by atoms with Crippen molar-refractivity contribution in [1.82, 2.24) is 5.32 Å². The maximum Gasteiger partial charge on any atom is 0.127 e. The summed E-state index contributed by atoms with van der Waals surface area (Å²) in [5, 5.41) is 3.35. The van der Waals surface area contributed by atoms with E-state index in [4.69, 9.17) is 0 Å². The summed E-state index contributed by atoms with van der Waals surface area (Å²) < 4.78 is 14.4. The summed E-state index contributed by atoms with van der Waals surface area (Å²) in [6.45, 7) is 4.04. The van der Waals surface area contributed by atoms with Gasteiger partial charge >= 0.3 is 0 Å². The van der Waals surface area contributed by atoms with Crippen molar-refractivity contribution in [3.8, 4) is 0 Å². The maximum absolute atomic E-state index is 14.4. The quantitative estimate of drug-likeness (QED) is 0.878. The Hall–Kier alpha value is -1.32. The van der Waals surface area contributed by atoms with Crippen LogP contribution in [0.3, 0.4) is 0 Å². The molecule has 1 aliphatic rings. The van der Waals surface area contributed by atoms with Crippen molar-refractivity contribution in [2.45, 2.75) is 35.5 Å². The Labute approximate surface area is 130 Å². The zero-order valence-corrected chi connectivity index (χ0v) is 13.0. The van der Waals surface area contributed by atoms with E-state index in [0.29, 0.717) is 5.92 Å². The average molecular weight is 301 g/mol. The Morgan fingerprint density at radius 2 is 1.76 bits per heavy atom. The minimum Gasteiger partial charge on any atom is -0.317 e. The van der Waals surface area contributed by atoms with E-state index in [9.17, 15) is 4.39 Å². The summed E-state index contributed by atoms with van der Waals surface area (Å²) in [7, 11) is 0. The van der Waals surface area contributed by atoms with Crippen LogP contribution in [0.5, 0.6) is 0 Å². The first-order valence-electron chi connectivity index (χ1n) is 7.47. The van der Waals surface area contributed by atoms with Crippen molar-refractivity contribution in [3.63, 3.8) is 0 Å². The highest BCUT2D eigenvalue weighted by atomic mass is 32.2. The molecule has 1 aliphatic heterocycles. The van der Waals surface area contributed by atoms with Crippen LogP contribution in [0.25, 0.3) is 0 Å². The van der Waals surface area contributed by atoms with E-state index in [-0.39, 0.29) is 5.82 Å². The molecule has 110 valence electrons. The van der Waals surface area contributed by atoms with Crippen LogP contribution in [0.4, 0.5) is 4.39 Å². The lowest BCUT2D eigenvalue weighted by Gasteiger charge is -2.25. The van der Waals surface area contributed by atoms with Crippen molar-refractivity contribution in [1.29, 1.82) is 0 Å². The van der Waals surface area contributed by atoms with Crippen LogP contribution >= 0.6 is 11.8 Å². The van der Waals surface area contributed by atoms with Crippen molar-refractivity contribution in [3.05, 3.63) is 59.4 Å². The second-order valence-corrected chi connectivity index (χ2v) is 6.71. The van der Waals surface area contributed by atoms with Crippen molar-refractivity contribution in [2.75, 3.05) is 13.1 Å². The smallest absolute Gasteiger partial charge is 0.127 e. The monoisotopic (exact) mass is 301 g/mol. The number of benzene rings is 2. The fourth-order valence-corrected chi connectivity index (χ4v) is 3.89. The van der Waals surface area contributed by atoms with Gasteiger partial charge in [-0.2, -0.15) is 0 Å². The molecule has 1 heterocycles. The highest BCUT2D eigenvalue weighted by molar-refractivity contribution is 7.99. The van der Waals surface area contributed by atoms with E-state index in [1.807, 2.05) is 12.1 Å². The molecule has 0 bridgehead atoms. The number of hydrogen-bond acceptors (Lipinski definition) is 2. The summed E-state index contributed by atoms with van der Waals surface area (Å²) in [5.74, 6) is 0.277. The van der Waals surface area contributed by atoms with Gasteiger partial charge in [-0.25, -0.2) is 4.39 Å². The number of rotatable bonds is 3. The number of halogens is 1. The Morgan fingerprint density at radius 1 is 1.05 bits per heavy atom. The lowest BCUT2D eigenvalue weighted by atomic mass is 9.90.